The smallest absolute Gasteiger partial charge is 0.325 e. The van der Waals surface area contributed by atoms with Gasteiger partial charge in [-0.2, -0.15) is 0 Å². The minimum absolute atomic E-state index is 0.0643. The number of benzene rings is 2. The Morgan fingerprint density at radius 1 is 0.889 bits per heavy atom. The van der Waals surface area contributed by atoms with E-state index in [1.165, 1.54) is 6.92 Å². The molecule has 0 aliphatic heterocycles. The number of carbonyl (C=O) groups is 3. The Morgan fingerprint density at radius 3 is 1.93 bits per heavy atom. The summed E-state index contributed by atoms with van der Waals surface area (Å²) >= 11 is 0. The topological polar surface area (TPSA) is 95.5 Å². The van der Waals surface area contributed by atoms with Gasteiger partial charge in [0.15, 0.2) is 0 Å². The Kier molecular flexibility index (Phi) is 5.26. The molecule has 0 fully saturated rings. The maximum Gasteiger partial charge on any atom is 0.325 e. The summed E-state index contributed by atoms with van der Waals surface area (Å²) in [5, 5.41) is 13.9. The lowest BCUT2D eigenvalue weighted by Crippen LogP contribution is -2.49. The van der Waals surface area contributed by atoms with Crippen LogP contribution in [0.5, 0.6) is 0 Å². The van der Waals surface area contributed by atoms with Crippen molar-refractivity contribution in [3.63, 3.8) is 0 Å². The third kappa shape index (κ3) is 3.84. The first-order valence-electron chi connectivity index (χ1n) is 8.89. The highest BCUT2D eigenvalue weighted by molar-refractivity contribution is 5.91. The number of rotatable bonds is 6. The average molecular weight is 366 g/mol. The van der Waals surface area contributed by atoms with Gasteiger partial charge in [0, 0.05) is 12.3 Å². The minimum Gasteiger partial charge on any atom is -0.480 e. The molecule has 27 heavy (non-hydrogen) atoms. The summed E-state index contributed by atoms with van der Waals surface area (Å²) in [5.74, 6) is -1.96. The summed E-state index contributed by atoms with van der Waals surface area (Å²) in [7, 11) is 0. The van der Waals surface area contributed by atoms with Crippen LogP contribution in [0.4, 0.5) is 0 Å². The first kappa shape index (κ1) is 18.6. The highest BCUT2D eigenvalue weighted by Gasteiger charge is 2.30. The number of carboxylic acid groups (broad SMARTS) is 1. The Hall–Kier alpha value is -3.15. The van der Waals surface area contributed by atoms with E-state index < -0.39 is 24.0 Å². The molecule has 0 saturated heterocycles. The van der Waals surface area contributed by atoms with E-state index in [2.05, 4.69) is 22.8 Å². The zero-order valence-corrected chi connectivity index (χ0v) is 15.2. The normalized spacial score (nSPS) is 14.6. The molecule has 6 nitrogen and oxygen atoms in total. The van der Waals surface area contributed by atoms with Crippen molar-refractivity contribution in [1.29, 1.82) is 0 Å². The molecule has 2 aromatic rings. The Morgan fingerprint density at radius 2 is 1.41 bits per heavy atom. The van der Waals surface area contributed by atoms with Crippen LogP contribution < -0.4 is 10.6 Å². The lowest BCUT2D eigenvalue weighted by molar-refractivity contribution is -0.141. The first-order chi connectivity index (χ1) is 12.9. The standard InChI is InChI=1S/C21H22N2O4/c1-12(20(25)23-13(2)21(26)27)22-19(24)11-18-16-9-5-3-7-14(16)15-8-4-6-10-17(15)18/h3-10,12-13,18H,11H2,1-2H3,(H,22,24)(H,23,25)(H,26,27)/t12-,13-/m0/s1. The van der Waals surface area contributed by atoms with Crippen LogP contribution in [0.25, 0.3) is 11.1 Å². The van der Waals surface area contributed by atoms with Crippen molar-refractivity contribution >= 4 is 17.8 Å². The zero-order chi connectivity index (χ0) is 19.6. The minimum atomic E-state index is -1.12. The van der Waals surface area contributed by atoms with Crippen molar-refractivity contribution in [3.8, 4) is 11.1 Å². The van der Waals surface area contributed by atoms with Gasteiger partial charge in [0.1, 0.15) is 12.1 Å². The van der Waals surface area contributed by atoms with E-state index in [-0.39, 0.29) is 18.2 Å². The molecule has 3 rings (SSSR count). The Balaban J connectivity index is 1.69. The molecule has 1 aliphatic rings. The maximum absolute atomic E-state index is 12.5. The Bertz CT molecular complexity index is 848. The number of carbonyl (C=O) groups excluding carboxylic acids is 2. The van der Waals surface area contributed by atoms with Crippen molar-refractivity contribution in [3.05, 3.63) is 59.7 Å². The second-order valence-electron chi connectivity index (χ2n) is 6.79. The quantitative estimate of drug-likeness (QED) is 0.731. The second kappa shape index (κ2) is 7.61. The van der Waals surface area contributed by atoms with Gasteiger partial charge in [0.25, 0.3) is 0 Å². The average Bonchev–Trinajstić information content (AvgIpc) is 2.96. The van der Waals surface area contributed by atoms with Gasteiger partial charge in [-0.3, -0.25) is 14.4 Å². The molecule has 0 saturated carbocycles. The summed E-state index contributed by atoms with van der Waals surface area (Å²) in [5.41, 5.74) is 4.47. The predicted octanol–water partition coefficient (Wildman–Crippen LogP) is 2.28. The van der Waals surface area contributed by atoms with Crippen LogP contribution >= 0.6 is 0 Å². The summed E-state index contributed by atoms with van der Waals surface area (Å²) < 4.78 is 0. The molecule has 1 aliphatic carbocycles. The number of hydrogen-bond donors (Lipinski definition) is 3. The first-order valence-corrected chi connectivity index (χ1v) is 8.89. The number of fused-ring (bicyclic) bond motifs is 3. The van der Waals surface area contributed by atoms with E-state index in [1.807, 2.05) is 36.4 Å². The predicted molar refractivity (Wildman–Crippen MR) is 101 cm³/mol. The molecule has 0 heterocycles. The van der Waals surface area contributed by atoms with Crippen LogP contribution in [-0.2, 0) is 14.4 Å². The van der Waals surface area contributed by atoms with Gasteiger partial charge in [-0.25, -0.2) is 0 Å². The van der Waals surface area contributed by atoms with E-state index in [9.17, 15) is 14.4 Å². The van der Waals surface area contributed by atoms with Crippen LogP contribution in [0, 0.1) is 0 Å². The fraction of sp³-hybridized carbons (Fsp3) is 0.286. The van der Waals surface area contributed by atoms with Crippen molar-refractivity contribution in [1.82, 2.24) is 10.6 Å². The maximum atomic E-state index is 12.5. The SMILES string of the molecule is C[C@H](NC(=O)[C@H](C)NC(=O)CC1c2ccccc2-c2ccccc21)C(=O)O. The van der Waals surface area contributed by atoms with E-state index in [1.54, 1.807) is 6.92 Å². The summed E-state index contributed by atoms with van der Waals surface area (Å²) in [6, 6.07) is 14.2. The van der Waals surface area contributed by atoms with Crippen molar-refractivity contribution in [2.45, 2.75) is 38.3 Å². The monoisotopic (exact) mass is 366 g/mol. The molecule has 0 radical (unpaired) electrons. The number of hydrogen-bond acceptors (Lipinski definition) is 3. The number of carboxylic acids is 1. The largest absolute Gasteiger partial charge is 0.480 e. The van der Waals surface area contributed by atoms with Crippen molar-refractivity contribution in [2.75, 3.05) is 0 Å². The lowest BCUT2D eigenvalue weighted by Gasteiger charge is -2.18. The molecular formula is C21H22N2O4. The summed E-state index contributed by atoms with van der Waals surface area (Å²) in [6.07, 6.45) is 0.222. The van der Waals surface area contributed by atoms with Gasteiger partial charge in [-0.05, 0) is 36.1 Å². The van der Waals surface area contributed by atoms with Gasteiger partial charge in [0.05, 0.1) is 0 Å². The van der Waals surface area contributed by atoms with E-state index in [0.29, 0.717) is 0 Å². The van der Waals surface area contributed by atoms with E-state index in [0.717, 1.165) is 22.3 Å². The van der Waals surface area contributed by atoms with Crippen LogP contribution in [0.2, 0.25) is 0 Å². The Labute approximate surface area is 157 Å². The second-order valence-corrected chi connectivity index (χ2v) is 6.79. The highest BCUT2D eigenvalue weighted by Crippen LogP contribution is 2.45. The summed E-state index contributed by atoms with van der Waals surface area (Å²) in [6.45, 7) is 2.92. The molecule has 2 atom stereocenters. The molecule has 2 aromatic carbocycles. The fourth-order valence-electron chi connectivity index (χ4n) is 3.43. The zero-order valence-electron chi connectivity index (χ0n) is 15.2. The molecule has 0 spiro atoms. The van der Waals surface area contributed by atoms with Gasteiger partial charge >= 0.3 is 5.97 Å². The van der Waals surface area contributed by atoms with Crippen molar-refractivity contribution < 1.29 is 19.5 Å². The van der Waals surface area contributed by atoms with Crippen LogP contribution in [0.1, 0.15) is 37.3 Å². The van der Waals surface area contributed by atoms with Crippen LogP contribution in [-0.4, -0.2) is 35.0 Å². The van der Waals surface area contributed by atoms with E-state index in [4.69, 9.17) is 5.11 Å². The third-order valence-electron chi connectivity index (χ3n) is 4.85. The van der Waals surface area contributed by atoms with Gasteiger partial charge in [-0.1, -0.05) is 48.5 Å². The van der Waals surface area contributed by atoms with Crippen molar-refractivity contribution in [2.24, 2.45) is 0 Å². The molecule has 0 bridgehead atoms. The fourth-order valence-corrected chi connectivity index (χ4v) is 3.43. The van der Waals surface area contributed by atoms with E-state index >= 15 is 0 Å². The summed E-state index contributed by atoms with van der Waals surface area (Å²) in [4.78, 5) is 35.4. The van der Waals surface area contributed by atoms with Crippen LogP contribution in [0.3, 0.4) is 0 Å². The van der Waals surface area contributed by atoms with Gasteiger partial charge in [0.2, 0.25) is 11.8 Å². The molecule has 140 valence electrons. The highest BCUT2D eigenvalue weighted by atomic mass is 16.4. The molecular weight excluding hydrogens is 344 g/mol. The third-order valence-corrected chi connectivity index (χ3v) is 4.85. The van der Waals surface area contributed by atoms with Gasteiger partial charge < -0.3 is 15.7 Å². The lowest BCUT2D eigenvalue weighted by atomic mass is 9.93. The molecule has 0 aromatic heterocycles. The van der Waals surface area contributed by atoms with Gasteiger partial charge in [-0.15, -0.1) is 0 Å². The number of nitrogens with one attached hydrogen (secondary N) is 2. The molecule has 2 amide bonds. The number of aliphatic carboxylic acids is 1. The molecule has 6 heteroatoms. The number of amides is 2. The molecule has 3 N–H and O–H groups in total. The van der Waals surface area contributed by atoms with Crippen LogP contribution in [0.15, 0.2) is 48.5 Å². The molecule has 0 unspecified atom stereocenters.